The lowest BCUT2D eigenvalue weighted by Gasteiger charge is -2.09. The molecule has 1 aromatic rings. The van der Waals surface area contributed by atoms with Crippen LogP contribution in [-0.2, 0) is 11.2 Å². The number of hydrogen-bond donors (Lipinski definition) is 2. The number of fused-ring (bicyclic) bond motifs is 1. The van der Waals surface area contributed by atoms with Gasteiger partial charge in [0, 0.05) is 5.69 Å². The second-order valence-electron chi connectivity index (χ2n) is 3.78. The first-order valence-electron chi connectivity index (χ1n) is 4.83. The number of nitrogens with one attached hydrogen (secondary N) is 1. The van der Waals surface area contributed by atoms with Crippen molar-refractivity contribution in [2.45, 2.75) is 19.3 Å². The van der Waals surface area contributed by atoms with Gasteiger partial charge in [-0.3, -0.25) is 4.79 Å². The third-order valence-electron chi connectivity index (χ3n) is 2.68. The van der Waals surface area contributed by atoms with Crippen LogP contribution < -0.4 is 11.1 Å². The Hall–Kier alpha value is -1.35. The van der Waals surface area contributed by atoms with Crippen molar-refractivity contribution in [3.05, 3.63) is 29.3 Å². The second kappa shape index (κ2) is 3.42. The highest BCUT2D eigenvalue weighted by Gasteiger charge is 2.18. The molecule has 14 heavy (non-hydrogen) atoms. The zero-order valence-corrected chi connectivity index (χ0v) is 8.21. The van der Waals surface area contributed by atoms with E-state index >= 15 is 0 Å². The van der Waals surface area contributed by atoms with Crippen LogP contribution in [0, 0.1) is 0 Å². The number of rotatable bonds is 2. The van der Waals surface area contributed by atoms with Crippen LogP contribution in [0.5, 0.6) is 0 Å². The minimum absolute atomic E-state index is 0.0811. The van der Waals surface area contributed by atoms with Gasteiger partial charge < -0.3 is 11.1 Å². The highest BCUT2D eigenvalue weighted by atomic mass is 16.1. The van der Waals surface area contributed by atoms with E-state index in [-0.39, 0.29) is 5.91 Å². The number of carbonyl (C=O) groups excluding carboxylic acids is 1. The molecule has 1 aliphatic heterocycles. The molecule has 1 unspecified atom stereocenters. The third-order valence-corrected chi connectivity index (χ3v) is 2.68. The van der Waals surface area contributed by atoms with Crippen LogP contribution in [0.4, 0.5) is 5.69 Å². The molecule has 2 rings (SSSR count). The Morgan fingerprint density at radius 1 is 1.57 bits per heavy atom. The molecule has 1 amide bonds. The predicted octanol–water partition coefficient (Wildman–Crippen LogP) is 1.24. The Labute approximate surface area is 83.3 Å². The van der Waals surface area contributed by atoms with Crippen molar-refractivity contribution < 1.29 is 4.79 Å². The van der Waals surface area contributed by atoms with Gasteiger partial charge in [0.05, 0.1) is 6.42 Å². The highest BCUT2D eigenvalue weighted by Crippen LogP contribution is 2.26. The number of nitrogens with two attached hydrogens (primary N) is 1. The Balaban J connectivity index is 2.32. The summed E-state index contributed by atoms with van der Waals surface area (Å²) in [7, 11) is 0. The fraction of sp³-hybridized carbons (Fsp3) is 0.364. The first-order chi connectivity index (χ1) is 6.70. The first kappa shape index (κ1) is 9.21. The summed E-state index contributed by atoms with van der Waals surface area (Å²) in [5.41, 5.74) is 8.84. The van der Waals surface area contributed by atoms with Gasteiger partial charge >= 0.3 is 0 Å². The monoisotopic (exact) mass is 190 g/mol. The summed E-state index contributed by atoms with van der Waals surface area (Å²) >= 11 is 0. The lowest BCUT2D eigenvalue weighted by molar-refractivity contribution is -0.115. The van der Waals surface area contributed by atoms with Crippen molar-refractivity contribution in [2.75, 3.05) is 11.9 Å². The van der Waals surface area contributed by atoms with Gasteiger partial charge in [0.15, 0.2) is 0 Å². The van der Waals surface area contributed by atoms with Crippen molar-refractivity contribution in [3.8, 4) is 0 Å². The van der Waals surface area contributed by atoms with Gasteiger partial charge in [-0.25, -0.2) is 0 Å². The van der Waals surface area contributed by atoms with Crippen LogP contribution in [0.25, 0.3) is 0 Å². The smallest absolute Gasteiger partial charge is 0.228 e. The fourth-order valence-electron chi connectivity index (χ4n) is 1.69. The summed E-state index contributed by atoms with van der Waals surface area (Å²) in [6.45, 7) is 2.73. The molecule has 0 bridgehead atoms. The van der Waals surface area contributed by atoms with Gasteiger partial charge in [0.2, 0.25) is 5.91 Å². The van der Waals surface area contributed by atoms with Crippen molar-refractivity contribution in [3.63, 3.8) is 0 Å². The van der Waals surface area contributed by atoms with Crippen molar-refractivity contribution in [1.29, 1.82) is 0 Å². The molecule has 3 nitrogen and oxygen atoms in total. The average Bonchev–Trinajstić information content (AvgIpc) is 2.55. The van der Waals surface area contributed by atoms with Crippen molar-refractivity contribution in [1.82, 2.24) is 0 Å². The summed E-state index contributed by atoms with van der Waals surface area (Å²) in [6, 6.07) is 6.06. The second-order valence-corrected chi connectivity index (χ2v) is 3.78. The molecule has 1 heterocycles. The molecule has 1 aliphatic rings. The first-order valence-corrected chi connectivity index (χ1v) is 4.83. The molecular formula is C11H14N2O. The van der Waals surface area contributed by atoms with Crippen molar-refractivity contribution >= 4 is 11.6 Å². The fourth-order valence-corrected chi connectivity index (χ4v) is 1.69. The van der Waals surface area contributed by atoms with E-state index in [1.165, 1.54) is 5.56 Å². The Morgan fingerprint density at radius 2 is 2.36 bits per heavy atom. The zero-order chi connectivity index (χ0) is 10.1. The van der Waals surface area contributed by atoms with Gasteiger partial charge in [0.25, 0.3) is 0 Å². The predicted molar refractivity (Wildman–Crippen MR) is 56.2 cm³/mol. The lowest BCUT2D eigenvalue weighted by Crippen LogP contribution is -2.08. The average molecular weight is 190 g/mol. The van der Waals surface area contributed by atoms with E-state index < -0.39 is 0 Å². The summed E-state index contributed by atoms with van der Waals surface area (Å²) in [4.78, 5) is 11.1. The number of hydrogen-bond acceptors (Lipinski definition) is 2. The van der Waals surface area contributed by atoms with E-state index in [4.69, 9.17) is 5.73 Å². The molecule has 1 atom stereocenters. The normalized spacial score (nSPS) is 16.3. The number of benzene rings is 1. The van der Waals surface area contributed by atoms with Crippen molar-refractivity contribution in [2.24, 2.45) is 5.73 Å². The SMILES string of the molecule is CC(CN)c1ccc2c(c1)CC(=O)N2. The summed E-state index contributed by atoms with van der Waals surface area (Å²) in [6.07, 6.45) is 0.500. The molecule has 0 aromatic heterocycles. The van der Waals surface area contributed by atoms with Crippen LogP contribution in [0.3, 0.4) is 0 Å². The molecule has 0 radical (unpaired) electrons. The lowest BCUT2D eigenvalue weighted by atomic mass is 9.98. The van der Waals surface area contributed by atoms with Gasteiger partial charge in [-0.05, 0) is 29.7 Å². The number of amides is 1. The molecular weight excluding hydrogens is 176 g/mol. The molecule has 0 saturated heterocycles. The van der Waals surface area contributed by atoms with Gasteiger partial charge in [-0.2, -0.15) is 0 Å². The topological polar surface area (TPSA) is 55.1 Å². The molecule has 1 aromatic carbocycles. The van der Waals surface area contributed by atoms with E-state index in [1.54, 1.807) is 0 Å². The maximum Gasteiger partial charge on any atom is 0.228 e. The molecule has 3 N–H and O–H groups in total. The molecule has 0 saturated carbocycles. The Bertz CT molecular complexity index is 374. The van der Waals surface area contributed by atoms with Gasteiger partial charge in [0.1, 0.15) is 0 Å². The van der Waals surface area contributed by atoms with E-state index in [2.05, 4.69) is 18.3 Å². The maximum absolute atomic E-state index is 11.1. The van der Waals surface area contributed by atoms with Crippen LogP contribution >= 0.6 is 0 Å². The maximum atomic E-state index is 11.1. The number of anilines is 1. The molecule has 3 heteroatoms. The highest BCUT2D eigenvalue weighted by molar-refractivity contribution is 5.99. The Kier molecular flexibility index (Phi) is 2.25. The quantitative estimate of drug-likeness (QED) is 0.737. The number of carbonyl (C=O) groups is 1. The molecule has 74 valence electrons. The molecule has 0 aliphatic carbocycles. The summed E-state index contributed by atoms with van der Waals surface area (Å²) in [5, 5.41) is 2.81. The minimum Gasteiger partial charge on any atom is -0.330 e. The van der Waals surface area contributed by atoms with E-state index in [9.17, 15) is 4.79 Å². The molecule has 0 spiro atoms. The van der Waals surface area contributed by atoms with E-state index in [0.29, 0.717) is 18.9 Å². The van der Waals surface area contributed by atoms with Gasteiger partial charge in [-0.1, -0.05) is 19.1 Å². The summed E-state index contributed by atoms with van der Waals surface area (Å²) in [5.74, 6) is 0.438. The Morgan fingerprint density at radius 3 is 3.07 bits per heavy atom. The minimum atomic E-state index is 0.0811. The van der Waals surface area contributed by atoms with Gasteiger partial charge in [-0.15, -0.1) is 0 Å². The zero-order valence-electron chi connectivity index (χ0n) is 8.21. The van der Waals surface area contributed by atoms with Crippen LogP contribution in [0.15, 0.2) is 18.2 Å². The third kappa shape index (κ3) is 1.51. The largest absolute Gasteiger partial charge is 0.330 e. The van der Waals surface area contributed by atoms with E-state index in [1.807, 2.05) is 12.1 Å². The van der Waals surface area contributed by atoms with E-state index in [0.717, 1.165) is 11.3 Å². The van der Waals surface area contributed by atoms with Crippen LogP contribution in [0.1, 0.15) is 24.0 Å². The molecule has 0 fully saturated rings. The van der Waals surface area contributed by atoms with Crippen LogP contribution in [-0.4, -0.2) is 12.5 Å². The van der Waals surface area contributed by atoms with Crippen LogP contribution in [0.2, 0.25) is 0 Å². The standard InChI is InChI=1S/C11H14N2O/c1-7(6-12)8-2-3-10-9(4-8)5-11(14)13-10/h2-4,7H,5-6,12H2,1H3,(H,13,14). The summed E-state index contributed by atoms with van der Waals surface area (Å²) < 4.78 is 0.